The minimum atomic E-state index is -4.46. The van der Waals surface area contributed by atoms with Gasteiger partial charge in [-0.15, -0.1) is 11.6 Å². The fraction of sp³-hybridized carbons (Fsp3) is 0.400. The van der Waals surface area contributed by atoms with Crippen LogP contribution in [0.4, 0.5) is 13.2 Å². The molecule has 8 heteroatoms. The number of hydrogen-bond donors (Lipinski definition) is 1. The van der Waals surface area contributed by atoms with Gasteiger partial charge in [0.1, 0.15) is 5.21 Å². The van der Waals surface area contributed by atoms with Gasteiger partial charge >= 0.3 is 6.18 Å². The van der Waals surface area contributed by atoms with E-state index in [-0.39, 0.29) is 5.56 Å². The summed E-state index contributed by atoms with van der Waals surface area (Å²) >= 11 is 5.20. The van der Waals surface area contributed by atoms with E-state index in [4.69, 9.17) is 11.6 Å². The molecule has 0 bridgehead atoms. The molecule has 0 fully saturated rings. The van der Waals surface area contributed by atoms with Crippen molar-refractivity contribution in [2.45, 2.75) is 19.1 Å². The minimum Gasteiger partial charge on any atom is -0.211 e. The van der Waals surface area contributed by atoms with E-state index < -0.39 is 33.0 Å². The first-order chi connectivity index (χ1) is 8.15. The van der Waals surface area contributed by atoms with Gasteiger partial charge in [0.25, 0.3) is 0 Å². The number of sulfonamides is 1. The van der Waals surface area contributed by atoms with E-state index in [1.165, 1.54) is 19.1 Å². The molecule has 1 atom stereocenters. The predicted molar refractivity (Wildman–Crippen MR) is 62.6 cm³/mol. The van der Waals surface area contributed by atoms with Crippen molar-refractivity contribution in [1.29, 1.82) is 0 Å². The van der Waals surface area contributed by atoms with Gasteiger partial charge in [0.2, 0.25) is 10.0 Å². The molecule has 102 valence electrons. The minimum absolute atomic E-state index is 0.221. The van der Waals surface area contributed by atoms with Crippen LogP contribution in [-0.2, 0) is 16.2 Å². The molecule has 1 unspecified atom stereocenters. The number of alkyl halides is 4. The quantitative estimate of drug-likeness (QED) is 0.869. The summed E-state index contributed by atoms with van der Waals surface area (Å²) in [7, 11) is -3.68. The van der Waals surface area contributed by atoms with Gasteiger partial charge in [0, 0.05) is 6.04 Å². The molecular weight excluding hydrogens is 291 g/mol. The first-order valence-electron chi connectivity index (χ1n) is 4.89. The van der Waals surface area contributed by atoms with E-state index in [0.29, 0.717) is 0 Å². The molecule has 0 aliphatic rings. The maximum absolute atomic E-state index is 12.5. The zero-order chi connectivity index (χ0) is 14.0. The fourth-order valence-corrected chi connectivity index (χ4v) is 2.28. The van der Waals surface area contributed by atoms with E-state index in [0.717, 1.165) is 12.1 Å². The van der Waals surface area contributed by atoms with Gasteiger partial charge in [-0.3, -0.25) is 0 Å². The smallest absolute Gasteiger partial charge is 0.211 e. The van der Waals surface area contributed by atoms with Crippen molar-refractivity contribution in [2.75, 3.05) is 5.21 Å². The molecule has 18 heavy (non-hydrogen) atoms. The lowest BCUT2D eigenvalue weighted by atomic mass is 10.1. The Labute approximate surface area is 108 Å². The highest BCUT2D eigenvalue weighted by Gasteiger charge is 2.30. The molecule has 1 rings (SSSR count). The molecule has 0 spiro atoms. The Bertz CT molecular complexity index is 516. The van der Waals surface area contributed by atoms with Gasteiger partial charge in [-0.2, -0.15) is 13.2 Å². The van der Waals surface area contributed by atoms with Gasteiger partial charge in [0.15, 0.2) is 0 Å². The first-order valence-corrected chi connectivity index (χ1v) is 7.07. The van der Waals surface area contributed by atoms with Gasteiger partial charge in [0.05, 0.1) is 5.56 Å². The molecule has 1 aromatic rings. The molecule has 3 nitrogen and oxygen atoms in total. The molecule has 0 aromatic heterocycles. The number of nitrogens with one attached hydrogen (secondary N) is 1. The second-order valence-electron chi connectivity index (χ2n) is 3.69. The predicted octanol–water partition coefficient (Wildman–Crippen LogP) is 2.88. The Balaban J connectivity index is 2.97. The third kappa shape index (κ3) is 4.15. The summed E-state index contributed by atoms with van der Waals surface area (Å²) in [6, 6.07) is 3.68. The van der Waals surface area contributed by atoms with Crippen molar-refractivity contribution in [1.82, 2.24) is 4.72 Å². The second-order valence-corrected chi connectivity index (χ2v) is 6.02. The van der Waals surface area contributed by atoms with Crippen LogP contribution in [0.2, 0.25) is 0 Å². The van der Waals surface area contributed by atoms with Crippen molar-refractivity contribution in [2.24, 2.45) is 0 Å². The normalized spacial score (nSPS) is 14.5. The van der Waals surface area contributed by atoms with Crippen LogP contribution in [0.15, 0.2) is 24.3 Å². The largest absolute Gasteiger partial charge is 0.416 e. The monoisotopic (exact) mass is 301 g/mol. The summed E-state index contributed by atoms with van der Waals surface area (Å²) in [5, 5.41) is -0.643. The van der Waals surface area contributed by atoms with Crippen molar-refractivity contribution in [3.05, 3.63) is 35.4 Å². The zero-order valence-electron chi connectivity index (χ0n) is 9.33. The van der Waals surface area contributed by atoms with Crippen LogP contribution in [-0.4, -0.2) is 13.6 Å². The number of halogens is 4. The maximum Gasteiger partial charge on any atom is 0.416 e. The Morgan fingerprint density at radius 1 is 1.39 bits per heavy atom. The van der Waals surface area contributed by atoms with Crippen molar-refractivity contribution in [3.63, 3.8) is 0 Å². The van der Waals surface area contributed by atoms with Crippen molar-refractivity contribution in [3.8, 4) is 0 Å². The van der Waals surface area contributed by atoms with Crippen LogP contribution in [0, 0.1) is 0 Å². The Morgan fingerprint density at radius 3 is 2.50 bits per heavy atom. The van der Waals surface area contributed by atoms with Crippen LogP contribution in [0.3, 0.4) is 0 Å². The highest BCUT2D eigenvalue weighted by Crippen LogP contribution is 2.30. The third-order valence-electron chi connectivity index (χ3n) is 2.21. The standard InChI is InChI=1S/C10H11ClF3NO2S/c1-7(15-18(16,17)6-11)8-3-2-4-9(5-8)10(12,13)14/h2-5,7,15H,6H2,1H3. The first kappa shape index (κ1) is 15.3. The molecule has 0 radical (unpaired) electrons. The Kier molecular flexibility index (Phi) is 4.63. The number of rotatable bonds is 4. The molecule has 0 aliphatic carbocycles. The lowest BCUT2D eigenvalue weighted by Crippen LogP contribution is -2.27. The van der Waals surface area contributed by atoms with Crippen molar-refractivity contribution >= 4 is 21.6 Å². The molecule has 0 amide bonds. The maximum atomic E-state index is 12.5. The zero-order valence-corrected chi connectivity index (χ0v) is 10.9. The molecule has 1 aromatic carbocycles. The van der Waals surface area contributed by atoms with E-state index in [1.807, 2.05) is 0 Å². The van der Waals surface area contributed by atoms with Gasteiger partial charge in [-0.1, -0.05) is 12.1 Å². The van der Waals surface area contributed by atoms with Crippen LogP contribution in [0.1, 0.15) is 24.1 Å². The number of benzene rings is 1. The lowest BCUT2D eigenvalue weighted by Gasteiger charge is -2.15. The van der Waals surface area contributed by atoms with Gasteiger partial charge in [-0.05, 0) is 24.6 Å². The molecule has 0 heterocycles. The molecule has 0 saturated carbocycles. The van der Waals surface area contributed by atoms with Crippen LogP contribution < -0.4 is 4.72 Å². The Hall–Kier alpha value is -0.790. The molecule has 0 saturated heterocycles. The highest BCUT2D eigenvalue weighted by atomic mass is 35.5. The molecule has 0 aliphatic heterocycles. The summed E-state index contributed by atoms with van der Waals surface area (Å²) in [6.07, 6.45) is -4.46. The second kappa shape index (κ2) is 5.46. The van der Waals surface area contributed by atoms with Crippen LogP contribution >= 0.6 is 11.6 Å². The highest BCUT2D eigenvalue weighted by molar-refractivity contribution is 7.90. The summed E-state index contributed by atoms with van der Waals surface area (Å²) in [6.45, 7) is 1.44. The fourth-order valence-electron chi connectivity index (χ4n) is 1.35. The van der Waals surface area contributed by atoms with E-state index in [9.17, 15) is 21.6 Å². The van der Waals surface area contributed by atoms with Gasteiger partial charge in [-0.25, -0.2) is 13.1 Å². The average Bonchev–Trinajstić information content (AvgIpc) is 2.27. The topological polar surface area (TPSA) is 46.2 Å². The third-order valence-corrected chi connectivity index (χ3v) is 4.08. The summed E-state index contributed by atoms with van der Waals surface area (Å²) in [5.41, 5.74) is -0.601. The summed E-state index contributed by atoms with van der Waals surface area (Å²) < 4.78 is 62.0. The SMILES string of the molecule is CC(NS(=O)(=O)CCl)c1cccc(C(F)(F)F)c1. The van der Waals surface area contributed by atoms with E-state index in [1.54, 1.807) is 0 Å². The van der Waals surface area contributed by atoms with Crippen LogP contribution in [0.5, 0.6) is 0 Å². The van der Waals surface area contributed by atoms with Crippen LogP contribution in [0.25, 0.3) is 0 Å². The summed E-state index contributed by atoms with van der Waals surface area (Å²) in [4.78, 5) is 0. The van der Waals surface area contributed by atoms with E-state index >= 15 is 0 Å². The average molecular weight is 302 g/mol. The Morgan fingerprint density at radius 2 is 2.00 bits per heavy atom. The van der Waals surface area contributed by atoms with Gasteiger partial charge < -0.3 is 0 Å². The summed E-state index contributed by atoms with van der Waals surface area (Å²) in [5.74, 6) is 0. The number of hydrogen-bond acceptors (Lipinski definition) is 2. The van der Waals surface area contributed by atoms with Crippen molar-refractivity contribution < 1.29 is 21.6 Å². The van der Waals surface area contributed by atoms with E-state index in [2.05, 4.69) is 4.72 Å². The molecular formula is C10H11ClF3NO2S. The lowest BCUT2D eigenvalue weighted by molar-refractivity contribution is -0.137. The molecule has 1 N–H and O–H groups in total.